The van der Waals surface area contributed by atoms with Crippen molar-refractivity contribution in [3.8, 4) is 0 Å². The summed E-state index contributed by atoms with van der Waals surface area (Å²) < 4.78 is 23.9. The number of nitrogens with two attached hydrogens (primary N) is 1. The SMILES string of the molecule is CS(=O)(=O)CCC(N)c1nnc2ccccn12. The highest BCUT2D eigenvalue weighted by Crippen LogP contribution is 2.13. The molecule has 1 unspecified atom stereocenters. The lowest BCUT2D eigenvalue weighted by atomic mass is 10.2. The molecule has 2 aromatic heterocycles. The molecule has 0 fully saturated rings. The van der Waals surface area contributed by atoms with Crippen molar-refractivity contribution < 1.29 is 8.42 Å². The number of nitrogens with zero attached hydrogens (tertiary/aromatic N) is 3. The van der Waals surface area contributed by atoms with Gasteiger partial charge in [0.25, 0.3) is 0 Å². The molecular formula is C10H14N4O2S. The number of pyridine rings is 1. The Morgan fingerprint density at radius 1 is 1.41 bits per heavy atom. The second-order valence-electron chi connectivity index (χ2n) is 4.01. The molecule has 2 rings (SSSR count). The van der Waals surface area contributed by atoms with Crippen molar-refractivity contribution in [1.82, 2.24) is 14.6 Å². The van der Waals surface area contributed by atoms with Crippen LogP contribution >= 0.6 is 0 Å². The molecule has 0 aliphatic heterocycles. The maximum Gasteiger partial charge on any atom is 0.160 e. The summed E-state index contributed by atoms with van der Waals surface area (Å²) in [6.45, 7) is 0. The zero-order valence-electron chi connectivity index (χ0n) is 9.44. The molecule has 0 radical (unpaired) electrons. The van der Waals surface area contributed by atoms with Gasteiger partial charge in [-0.1, -0.05) is 6.07 Å². The van der Waals surface area contributed by atoms with Gasteiger partial charge in [0.05, 0.1) is 11.8 Å². The van der Waals surface area contributed by atoms with E-state index in [2.05, 4.69) is 10.2 Å². The van der Waals surface area contributed by atoms with Gasteiger partial charge in [-0.15, -0.1) is 10.2 Å². The number of aromatic nitrogens is 3. The average Bonchev–Trinajstić information content (AvgIpc) is 2.68. The second-order valence-corrected chi connectivity index (χ2v) is 6.27. The molecule has 0 amide bonds. The first kappa shape index (κ1) is 12.0. The van der Waals surface area contributed by atoms with Crippen LogP contribution in [0.25, 0.3) is 5.65 Å². The van der Waals surface area contributed by atoms with Gasteiger partial charge < -0.3 is 5.73 Å². The van der Waals surface area contributed by atoms with Gasteiger partial charge in [0, 0.05) is 12.5 Å². The number of hydrogen-bond acceptors (Lipinski definition) is 5. The van der Waals surface area contributed by atoms with Crippen molar-refractivity contribution in [1.29, 1.82) is 0 Å². The minimum Gasteiger partial charge on any atom is -0.321 e. The van der Waals surface area contributed by atoms with E-state index in [-0.39, 0.29) is 5.75 Å². The zero-order chi connectivity index (χ0) is 12.5. The van der Waals surface area contributed by atoms with Gasteiger partial charge >= 0.3 is 0 Å². The van der Waals surface area contributed by atoms with Gasteiger partial charge in [0.1, 0.15) is 9.84 Å². The van der Waals surface area contributed by atoms with Crippen LogP contribution in [0.5, 0.6) is 0 Å². The number of sulfone groups is 1. The Bertz CT molecular complexity index is 620. The fourth-order valence-electron chi connectivity index (χ4n) is 1.58. The van der Waals surface area contributed by atoms with Crippen LogP contribution in [-0.2, 0) is 9.84 Å². The first-order valence-electron chi connectivity index (χ1n) is 5.20. The Labute approximate surface area is 99.4 Å². The Hall–Kier alpha value is -1.47. The third kappa shape index (κ3) is 2.80. The standard InChI is InChI=1S/C10H14N4O2S/c1-17(15,16)7-5-8(11)10-13-12-9-4-2-3-6-14(9)10/h2-4,6,8H,5,7,11H2,1H3. The van der Waals surface area contributed by atoms with Crippen LogP contribution in [0.2, 0.25) is 0 Å². The number of hydrogen-bond donors (Lipinski definition) is 1. The van der Waals surface area contributed by atoms with Crippen LogP contribution in [0.1, 0.15) is 18.3 Å². The molecule has 0 aliphatic carbocycles. The molecule has 0 saturated carbocycles. The van der Waals surface area contributed by atoms with Crippen molar-refractivity contribution in [3.63, 3.8) is 0 Å². The lowest BCUT2D eigenvalue weighted by molar-refractivity contribution is 0.585. The first-order valence-corrected chi connectivity index (χ1v) is 7.26. The van der Waals surface area contributed by atoms with Crippen molar-refractivity contribution in [2.75, 3.05) is 12.0 Å². The van der Waals surface area contributed by atoms with Crippen molar-refractivity contribution in [3.05, 3.63) is 30.2 Å². The van der Waals surface area contributed by atoms with Gasteiger partial charge in [0.15, 0.2) is 11.5 Å². The van der Waals surface area contributed by atoms with Crippen LogP contribution in [0.4, 0.5) is 0 Å². The summed E-state index contributed by atoms with van der Waals surface area (Å²) in [7, 11) is -3.00. The van der Waals surface area contributed by atoms with Gasteiger partial charge in [-0.2, -0.15) is 0 Å². The average molecular weight is 254 g/mol. The second kappa shape index (κ2) is 4.42. The summed E-state index contributed by atoms with van der Waals surface area (Å²) in [5, 5.41) is 7.96. The first-order chi connectivity index (χ1) is 7.97. The fraction of sp³-hybridized carbons (Fsp3) is 0.400. The fourth-order valence-corrected chi connectivity index (χ4v) is 2.26. The van der Waals surface area contributed by atoms with Crippen LogP contribution < -0.4 is 5.73 Å². The van der Waals surface area contributed by atoms with Crippen LogP contribution in [-0.4, -0.2) is 35.0 Å². The van der Waals surface area contributed by atoms with E-state index in [1.54, 1.807) is 4.40 Å². The van der Waals surface area contributed by atoms with E-state index in [0.717, 1.165) is 0 Å². The predicted octanol–water partition coefficient (Wildman–Crippen LogP) is 0.164. The summed E-state index contributed by atoms with van der Waals surface area (Å²) in [4.78, 5) is 0. The summed E-state index contributed by atoms with van der Waals surface area (Å²) in [6.07, 6.45) is 3.35. The quantitative estimate of drug-likeness (QED) is 0.839. The molecule has 0 aliphatic rings. The van der Waals surface area contributed by atoms with Gasteiger partial charge in [0.2, 0.25) is 0 Å². The van der Waals surface area contributed by atoms with Crippen LogP contribution in [0.3, 0.4) is 0 Å². The largest absolute Gasteiger partial charge is 0.321 e. The molecule has 0 saturated heterocycles. The van der Waals surface area contributed by atoms with Crippen LogP contribution in [0, 0.1) is 0 Å². The molecule has 2 heterocycles. The molecule has 0 spiro atoms. The molecule has 2 aromatic rings. The van der Waals surface area contributed by atoms with E-state index in [1.807, 2.05) is 24.4 Å². The van der Waals surface area contributed by atoms with E-state index in [0.29, 0.717) is 17.9 Å². The van der Waals surface area contributed by atoms with E-state index in [1.165, 1.54) is 6.26 Å². The maximum absolute atomic E-state index is 11.1. The Morgan fingerprint density at radius 2 is 2.18 bits per heavy atom. The van der Waals surface area contributed by atoms with Crippen molar-refractivity contribution in [2.24, 2.45) is 5.73 Å². The summed E-state index contributed by atoms with van der Waals surface area (Å²) in [6, 6.07) is 5.10. The number of fused-ring (bicyclic) bond motifs is 1. The minimum atomic E-state index is -3.00. The number of rotatable bonds is 4. The summed E-state index contributed by atoms with van der Waals surface area (Å²) >= 11 is 0. The monoisotopic (exact) mass is 254 g/mol. The topological polar surface area (TPSA) is 90.3 Å². The smallest absolute Gasteiger partial charge is 0.160 e. The van der Waals surface area contributed by atoms with Crippen molar-refractivity contribution in [2.45, 2.75) is 12.5 Å². The van der Waals surface area contributed by atoms with E-state index in [4.69, 9.17) is 5.73 Å². The molecule has 0 bridgehead atoms. The molecule has 17 heavy (non-hydrogen) atoms. The molecule has 7 heteroatoms. The molecule has 92 valence electrons. The zero-order valence-corrected chi connectivity index (χ0v) is 10.3. The molecule has 0 aromatic carbocycles. The molecule has 6 nitrogen and oxygen atoms in total. The highest BCUT2D eigenvalue weighted by molar-refractivity contribution is 7.90. The minimum absolute atomic E-state index is 0.0515. The molecule has 2 N–H and O–H groups in total. The van der Waals surface area contributed by atoms with E-state index >= 15 is 0 Å². The normalized spacial score (nSPS) is 14.0. The van der Waals surface area contributed by atoms with E-state index < -0.39 is 15.9 Å². The molecule has 1 atom stereocenters. The highest BCUT2D eigenvalue weighted by Gasteiger charge is 2.15. The summed E-state index contributed by atoms with van der Waals surface area (Å²) in [5.41, 5.74) is 6.63. The van der Waals surface area contributed by atoms with Crippen LogP contribution in [0.15, 0.2) is 24.4 Å². The predicted molar refractivity (Wildman–Crippen MR) is 64.2 cm³/mol. The maximum atomic E-state index is 11.1. The highest BCUT2D eigenvalue weighted by atomic mass is 32.2. The Kier molecular flexibility index (Phi) is 3.12. The Morgan fingerprint density at radius 3 is 2.88 bits per heavy atom. The lowest BCUT2D eigenvalue weighted by Crippen LogP contribution is -2.18. The summed E-state index contributed by atoms with van der Waals surface area (Å²) in [5.74, 6) is 0.639. The van der Waals surface area contributed by atoms with E-state index in [9.17, 15) is 8.42 Å². The lowest BCUT2D eigenvalue weighted by Gasteiger charge is -2.08. The van der Waals surface area contributed by atoms with Gasteiger partial charge in [-0.3, -0.25) is 4.40 Å². The van der Waals surface area contributed by atoms with Gasteiger partial charge in [-0.05, 0) is 18.6 Å². The molecular weight excluding hydrogens is 240 g/mol. The van der Waals surface area contributed by atoms with Crippen molar-refractivity contribution >= 4 is 15.5 Å². The third-order valence-corrected chi connectivity index (χ3v) is 3.45. The van der Waals surface area contributed by atoms with Gasteiger partial charge in [-0.25, -0.2) is 8.42 Å². The Balaban J connectivity index is 2.22. The third-order valence-electron chi connectivity index (χ3n) is 2.47.